The van der Waals surface area contributed by atoms with Crippen molar-refractivity contribution in [3.63, 3.8) is 0 Å². The molecule has 0 saturated carbocycles. The lowest BCUT2D eigenvalue weighted by atomic mass is 10.0. The molecular weight excluding hydrogens is 448 g/mol. The van der Waals surface area contributed by atoms with E-state index in [1.807, 2.05) is 55.5 Å². The average molecular weight is 483 g/mol. The predicted molar refractivity (Wildman–Crippen MR) is 130 cm³/mol. The Morgan fingerprint density at radius 1 is 0.719 bits per heavy atom. The van der Waals surface area contributed by atoms with Crippen LogP contribution in [-0.4, -0.2) is 46.5 Å². The molecule has 2 rings (SSSR count). The minimum Gasteiger partial charge on any atom is -0.489 e. The third-order valence-corrected chi connectivity index (χ3v) is 8.67. The molecule has 0 amide bonds. The Kier molecular flexibility index (Phi) is 9.27. The molecule has 32 heavy (non-hydrogen) atoms. The number of sulfonamides is 2. The molecule has 0 saturated heterocycles. The summed E-state index contributed by atoms with van der Waals surface area (Å²) in [6.07, 6.45) is 0.319. The minimum absolute atomic E-state index is 0.205. The van der Waals surface area contributed by atoms with Crippen molar-refractivity contribution >= 4 is 20.0 Å². The highest BCUT2D eigenvalue weighted by atomic mass is 32.2. The first-order valence-electron chi connectivity index (χ1n) is 10.7. The van der Waals surface area contributed by atoms with E-state index in [1.54, 1.807) is 27.7 Å². The molecular formula is C23H34N2O5S2. The summed E-state index contributed by atoms with van der Waals surface area (Å²) in [6, 6.07) is 15.6. The molecule has 1 atom stereocenters. The molecule has 0 aliphatic heterocycles. The highest BCUT2D eigenvalue weighted by Crippen LogP contribution is 2.23. The van der Waals surface area contributed by atoms with Gasteiger partial charge in [0.25, 0.3) is 0 Å². The van der Waals surface area contributed by atoms with E-state index in [4.69, 9.17) is 4.74 Å². The second-order valence-electron chi connectivity index (χ2n) is 8.33. The van der Waals surface area contributed by atoms with Crippen LogP contribution < -0.4 is 14.2 Å². The molecule has 0 heterocycles. The fourth-order valence-corrected chi connectivity index (χ4v) is 4.29. The molecule has 9 heteroatoms. The van der Waals surface area contributed by atoms with Gasteiger partial charge < -0.3 is 4.74 Å². The maximum atomic E-state index is 11.8. The van der Waals surface area contributed by atoms with Crippen LogP contribution in [0.1, 0.15) is 40.2 Å². The first kappa shape index (κ1) is 26.3. The summed E-state index contributed by atoms with van der Waals surface area (Å²) in [4.78, 5) is 0. The van der Waals surface area contributed by atoms with Gasteiger partial charge in [0.1, 0.15) is 11.9 Å². The monoisotopic (exact) mass is 482 g/mol. The zero-order valence-electron chi connectivity index (χ0n) is 19.3. The van der Waals surface area contributed by atoms with E-state index in [9.17, 15) is 16.8 Å². The number of hydrogen-bond donors (Lipinski definition) is 2. The normalized spacial score (nSPS) is 13.5. The van der Waals surface area contributed by atoms with Gasteiger partial charge in [-0.25, -0.2) is 26.3 Å². The van der Waals surface area contributed by atoms with Crippen LogP contribution in [0.15, 0.2) is 48.5 Å². The smallest absolute Gasteiger partial charge is 0.214 e. The van der Waals surface area contributed by atoms with Gasteiger partial charge >= 0.3 is 0 Å². The fourth-order valence-electron chi connectivity index (χ4n) is 2.77. The number of rotatable bonds is 12. The highest BCUT2D eigenvalue weighted by molar-refractivity contribution is 7.90. The minimum atomic E-state index is -3.31. The number of benzene rings is 2. The molecule has 0 spiro atoms. The summed E-state index contributed by atoms with van der Waals surface area (Å²) < 4.78 is 58.3. The standard InChI is InChI=1S/C23H34N2O5S2/c1-17(2)31(26,27)24-15-14-20-6-8-21(9-7-20)22-10-12-23(13-11-22)30-19(5)16-25-32(28,29)18(3)4/h6-13,17-19,24-25H,14-16H2,1-5H3. The van der Waals surface area contributed by atoms with Crippen LogP contribution in [0.3, 0.4) is 0 Å². The third kappa shape index (κ3) is 7.88. The van der Waals surface area contributed by atoms with Crippen LogP contribution in [0, 0.1) is 0 Å². The zero-order valence-corrected chi connectivity index (χ0v) is 21.0. The molecule has 0 aliphatic rings. The van der Waals surface area contributed by atoms with Crippen LogP contribution >= 0.6 is 0 Å². The summed E-state index contributed by atoms with van der Waals surface area (Å²) in [6.45, 7) is 8.97. The second kappa shape index (κ2) is 11.3. The lowest BCUT2D eigenvalue weighted by Gasteiger charge is -2.17. The first-order valence-corrected chi connectivity index (χ1v) is 13.8. The Hall–Kier alpha value is -1.94. The quantitative estimate of drug-likeness (QED) is 0.483. The van der Waals surface area contributed by atoms with E-state index in [-0.39, 0.29) is 12.6 Å². The highest BCUT2D eigenvalue weighted by Gasteiger charge is 2.17. The molecule has 0 radical (unpaired) electrons. The Morgan fingerprint density at radius 3 is 1.69 bits per heavy atom. The third-order valence-electron chi connectivity index (χ3n) is 5.01. The van der Waals surface area contributed by atoms with Crippen LogP contribution in [0.5, 0.6) is 5.75 Å². The SMILES string of the molecule is CC(CNS(=O)(=O)C(C)C)Oc1ccc(-c2ccc(CCNS(=O)(=O)C(C)C)cc2)cc1. The van der Waals surface area contributed by atoms with Crippen LogP contribution in [-0.2, 0) is 26.5 Å². The molecule has 178 valence electrons. The van der Waals surface area contributed by atoms with E-state index >= 15 is 0 Å². The Labute approximate surface area is 192 Å². The van der Waals surface area contributed by atoms with E-state index in [0.717, 1.165) is 16.7 Å². The molecule has 7 nitrogen and oxygen atoms in total. The molecule has 0 fully saturated rings. The predicted octanol–water partition coefficient (Wildman–Crippen LogP) is 3.32. The summed E-state index contributed by atoms with van der Waals surface area (Å²) in [7, 11) is -6.56. The van der Waals surface area contributed by atoms with Crippen molar-refractivity contribution in [1.82, 2.24) is 9.44 Å². The Bertz CT molecular complexity index is 1060. The van der Waals surface area contributed by atoms with Gasteiger partial charge in [-0.1, -0.05) is 36.4 Å². The van der Waals surface area contributed by atoms with E-state index in [0.29, 0.717) is 18.7 Å². The van der Waals surface area contributed by atoms with Crippen molar-refractivity contribution in [2.45, 2.75) is 57.6 Å². The van der Waals surface area contributed by atoms with Crippen molar-refractivity contribution in [1.29, 1.82) is 0 Å². The largest absolute Gasteiger partial charge is 0.489 e. The lowest BCUT2D eigenvalue weighted by Crippen LogP contribution is -2.37. The van der Waals surface area contributed by atoms with Gasteiger partial charge in [0, 0.05) is 13.1 Å². The molecule has 2 N–H and O–H groups in total. The fraction of sp³-hybridized carbons (Fsp3) is 0.478. The summed E-state index contributed by atoms with van der Waals surface area (Å²) in [5, 5.41) is -0.922. The van der Waals surface area contributed by atoms with Gasteiger partial charge in [-0.15, -0.1) is 0 Å². The van der Waals surface area contributed by atoms with E-state index < -0.39 is 30.5 Å². The van der Waals surface area contributed by atoms with Gasteiger partial charge in [0.05, 0.1) is 10.5 Å². The summed E-state index contributed by atoms with van der Waals surface area (Å²) in [5.74, 6) is 0.666. The molecule has 0 bridgehead atoms. The average Bonchev–Trinajstić information content (AvgIpc) is 2.73. The molecule has 2 aromatic rings. The van der Waals surface area contributed by atoms with Crippen molar-refractivity contribution in [3.05, 3.63) is 54.1 Å². The topological polar surface area (TPSA) is 102 Å². The van der Waals surface area contributed by atoms with Gasteiger partial charge in [-0.2, -0.15) is 0 Å². The lowest BCUT2D eigenvalue weighted by molar-refractivity contribution is 0.225. The summed E-state index contributed by atoms with van der Waals surface area (Å²) in [5.41, 5.74) is 3.12. The maximum Gasteiger partial charge on any atom is 0.214 e. The zero-order chi connectivity index (χ0) is 23.9. The molecule has 0 aliphatic carbocycles. The number of nitrogens with one attached hydrogen (secondary N) is 2. The van der Waals surface area contributed by atoms with Crippen LogP contribution in [0.2, 0.25) is 0 Å². The van der Waals surface area contributed by atoms with Crippen LogP contribution in [0.25, 0.3) is 11.1 Å². The van der Waals surface area contributed by atoms with E-state index in [1.165, 1.54) is 0 Å². The molecule has 2 aromatic carbocycles. The van der Waals surface area contributed by atoms with Gasteiger partial charge in [0.2, 0.25) is 20.0 Å². The van der Waals surface area contributed by atoms with Gasteiger partial charge in [0.15, 0.2) is 0 Å². The molecule has 0 aromatic heterocycles. The van der Waals surface area contributed by atoms with Crippen LogP contribution in [0.4, 0.5) is 0 Å². The number of hydrogen-bond acceptors (Lipinski definition) is 5. The number of ether oxygens (including phenoxy) is 1. The molecule has 1 unspecified atom stereocenters. The van der Waals surface area contributed by atoms with Crippen molar-refractivity contribution < 1.29 is 21.6 Å². The van der Waals surface area contributed by atoms with Gasteiger partial charge in [-0.05, 0) is 69.9 Å². The van der Waals surface area contributed by atoms with Crippen molar-refractivity contribution in [2.75, 3.05) is 13.1 Å². The van der Waals surface area contributed by atoms with Crippen molar-refractivity contribution in [2.24, 2.45) is 0 Å². The van der Waals surface area contributed by atoms with Gasteiger partial charge in [-0.3, -0.25) is 0 Å². The van der Waals surface area contributed by atoms with Crippen molar-refractivity contribution in [3.8, 4) is 16.9 Å². The van der Waals surface area contributed by atoms with E-state index in [2.05, 4.69) is 9.44 Å². The summed E-state index contributed by atoms with van der Waals surface area (Å²) >= 11 is 0. The maximum absolute atomic E-state index is 11.8. The Morgan fingerprint density at radius 2 is 1.19 bits per heavy atom. The first-order chi connectivity index (χ1) is 14.9. The Balaban J connectivity index is 1.90. The second-order valence-corrected chi connectivity index (χ2v) is 13.0.